The van der Waals surface area contributed by atoms with E-state index in [-0.39, 0.29) is 12.5 Å². The first-order valence-corrected chi connectivity index (χ1v) is 9.31. The smallest absolute Gasteiger partial charge is 0.257 e. The summed E-state index contributed by atoms with van der Waals surface area (Å²) >= 11 is 6.28. The van der Waals surface area contributed by atoms with E-state index in [1.807, 2.05) is 50.4 Å². The lowest BCUT2D eigenvalue weighted by Crippen LogP contribution is -2.35. The molecular weight excluding hydrogens is 378 g/mol. The van der Waals surface area contributed by atoms with E-state index in [2.05, 4.69) is 10.2 Å². The number of carbonyl (C=O) groups excluding carboxylic acids is 1. The number of ether oxygens (including phenoxy) is 1. The molecule has 0 aliphatic carbocycles. The minimum absolute atomic E-state index is 0.168. The van der Waals surface area contributed by atoms with Gasteiger partial charge in [-0.2, -0.15) is 10.2 Å². The van der Waals surface area contributed by atoms with Crippen LogP contribution < -0.4 is 0 Å². The predicted octanol–water partition coefficient (Wildman–Crippen LogP) is 3.03. The molecule has 28 heavy (non-hydrogen) atoms. The van der Waals surface area contributed by atoms with Crippen molar-refractivity contribution in [1.29, 1.82) is 0 Å². The van der Waals surface area contributed by atoms with E-state index in [1.165, 1.54) is 7.11 Å². The molecule has 1 aromatic carbocycles. The molecule has 0 spiro atoms. The van der Waals surface area contributed by atoms with Crippen LogP contribution in [0, 0.1) is 6.92 Å². The van der Waals surface area contributed by atoms with Gasteiger partial charge in [-0.15, -0.1) is 0 Å². The van der Waals surface area contributed by atoms with Gasteiger partial charge in [0.1, 0.15) is 5.69 Å². The van der Waals surface area contributed by atoms with Crippen LogP contribution in [0.5, 0.6) is 0 Å². The van der Waals surface area contributed by atoms with Crippen molar-refractivity contribution in [3.8, 4) is 0 Å². The zero-order valence-electron chi connectivity index (χ0n) is 16.5. The van der Waals surface area contributed by atoms with Crippen molar-refractivity contribution in [3.63, 3.8) is 0 Å². The number of carbonyl (C=O) groups is 1. The molecule has 0 bridgehead atoms. The number of hydrogen-bond donors (Lipinski definition) is 0. The Morgan fingerprint density at radius 3 is 2.46 bits per heavy atom. The lowest BCUT2D eigenvalue weighted by Gasteiger charge is -2.26. The van der Waals surface area contributed by atoms with Crippen molar-refractivity contribution in [1.82, 2.24) is 24.5 Å². The van der Waals surface area contributed by atoms with Crippen molar-refractivity contribution in [2.45, 2.75) is 26.1 Å². The first-order valence-electron chi connectivity index (χ1n) is 8.93. The minimum Gasteiger partial charge on any atom is -0.367 e. The molecule has 2 aromatic heterocycles. The Bertz CT molecular complexity index is 931. The summed E-state index contributed by atoms with van der Waals surface area (Å²) in [6.07, 6.45) is 1.00. The highest BCUT2D eigenvalue weighted by Gasteiger charge is 2.28. The summed E-state index contributed by atoms with van der Waals surface area (Å²) in [6, 6.07) is 11.4. The van der Waals surface area contributed by atoms with Crippen LogP contribution in [0.25, 0.3) is 0 Å². The highest BCUT2D eigenvalue weighted by Crippen LogP contribution is 2.23. The van der Waals surface area contributed by atoms with Crippen LogP contribution in [0.3, 0.4) is 0 Å². The van der Waals surface area contributed by atoms with Crippen LogP contribution in [0.15, 0.2) is 42.6 Å². The fourth-order valence-corrected chi connectivity index (χ4v) is 3.32. The summed E-state index contributed by atoms with van der Waals surface area (Å²) in [5, 5.41) is 9.38. The zero-order chi connectivity index (χ0) is 20.3. The SMILES string of the molecule is CO[C@@H](C(=O)N(Cc1cc(C)n(C)n1)Cc1nn(C)cc1Cl)c1ccccc1. The van der Waals surface area contributed by atoms with Crippen LogP contribution in [0.1, 0.15) is 28.7 Å². The highest BCUT2D eigenvalue weighted by molar-refractivity contribution is 6.31. The molecule has 0 aliphatic rings. The molecule has 1 amide bonds. The zero-order valence-corrected chi connectivity index (χ0v) is 17.2. The van der Waals surface area contributed by atoms with Gasteiger partial charge in [0.25, 0.3) is 5.91 Å². The predicted molar refractivity (Wildman–Crippen MR) is 107 cm³/mol. The number of methoxy groups -OCH3 is 1. The standard InChI is InChI=1S/C20H24ClN5O2/c1-14-10-16(22-25(14)3)11-26(13-18-17(21)12-24(2)23-18)20(27)19(28-4)15-8-6-5-7-9-15/h5-10,12,19H,11,13H2,1-4H3/t19-/m1/s1. The van der Waals surface area contributed by atoms with Gasteiger partial charge in [-0.05, 0) is 18.6 Å². The normalized spacial score (nSPS) is 12.2. The molecule has 0 fully saturated rings. The third-order valence-corrected chi connectivity index (χ3v) is 4.90. The largest absolute Gasteiger partial charge is 0.367 e. The third-order valence-electron chi connectivity index (χ3n) is 4.59. The van der Waals surface area contributed by atoms with Crippen molar-refractivity contribution < 1.29 is 9.53 Å². The topological polar surface area (TPSA) is 65.2 Å². The Balaban J connectivity index is 1.91. The Hall–Kier alpha value is -2.64. The van der Waals surface area contributed by atoms with Crippen LogP contribution in [-0.4, -0.2) is 37.5 Å². The van der Waals surface area contributed by atoms with Gasteiger partial charge in [0, 0.05) is 33.1 Å². The molecule has 148 valence electrons. The van der Waals surface area contributed by atoms with Crippen LogP contribution in [0.4, 0.5) is 0 Å². The van der Waals surface area contributed by atoms with Gasteiger partial charge in [-0.3, -0.25) is 14.2 Å². The molecule has 0 unspecified atom stereocenters. The molecule has 0 aliphatic heterocycles. The van der Waals surface area contributed by atoms with Crippen molar-refractivity contribution >= 4 is 17.5 Å². The first kappa shape index (κ1) is 20.1. The van der Waals surface area contributed by atoms with E-state index >= 15 is 0 Å². The highest BCUT2D eigenvalue weighted by atomic mass is 35.5. The van der Waals surface area contributed by atoms with Crippen LogP contribution in [-0.2, 0) is 36.7 Å². The van der Waals surface area contributed by atoms with Gasteiger partial charge in [-0.25, -0.2) is 0 Å². The van der Waals surface area contributed by atoms with Gasteiger partial charge < -0.3 is 9.64 Å². The number of rotatable bonds is 7. The average molecular weight is 402 g/mol. The summed E-state index contributed by atoms with van der Waals surface area (Å²) in [5.41, 5.74) is 3.24. The summed E-state index contributed by atoms with van der Waals surface area (Å²) in [5.74, 6) is -0.168. The van der Waals surface area contributed by atoms with E-state index in [9.17, 15) is 4.79 Å². The average Bonchev–Trinajstić information content (AvgIpc) is 3.15. The molecule has 3 aromatic rings. The van der Waals surface area contributed by atoms with Gasteiger partial charge in [-0.1, -0.05) is 41.9 Å². The maximum Gasteiger partial charge on any atom is 0.257 e. The molecule has 0 N–H and O–H groups in total. The van der Waals surface area contributed by atoms with Gasteiger partial charge in [0.2, 0.25) is 0 Å². The summed E-state index contributed by atoms with van der Waals surface area (Å²) in [7, 11) is 5.21. The van der Waals surface area contributed by atoms with Crippen molar-refractivity contribution in [2.24, 2.45) is 14.1 Å². The molecule has 0 radical (unpaired) electrons. The molecular formula is C20H24ClN5O2. The van der Waals surface area contributed by atoms with E-state index in [4.69, 9.17) is 16.3 Å². The molecule has 3 rings (SSSR count). The molecule has 2 heterocycles. The fourth-order valence-electron chi connectivity index (χ4n) is 3.09. The van der Waals surface area contributed by atoms with E-state index in [0.29, 0.717) is 17.3 Å². The van der Waals surface area contributed by atoms with Gasteiger partial charge in [0.05, 0.1) is 23.8 Å². The molecule has 1 atom stereocenters. The van der Waals surface area contributed by atoms with E-state index in [0.717, 1.165) is 17.0 Å². The number of halogens is 1. The summed E-state index contributed by atoms with van der Waals surface area (Å²) < 4.78 is 8.97. The minimum atomic E-state index is -0.714. The molecule has 7 nitrogen and oxygen atoms in total. The van der Waals surface area contributed by atoms with Crippen molar-refractivity contribution in [3.05, 3.63) is 70.3 Å². The van der Waals surface area contributed by atoms with Gasteiger partial charge in [0.15, 0.2) is 6.10 Å². The number of amides is 1. The number of aromatic nitrogens is 4. The number of nitrogens with zero attached hydrogens (tertiary/aromatic N) is 5. The second-order valence-electron chi connectivity index (χ2n) is 6.72. The number of benzene rings is 1. The fraction of sp³-hybridized carbons (Fsp3) is 0.350. The Labute approximate surface area is 169 Å². The third kappa shape index (κ3) is 4.43. The maximum absolute atomic E-state index is 13.4. The maximum atomic E-state index is 13.4. The molecule has 0 saturated heterocycles. The Kier molecular flexibility index (Phi) is 6.16. The molecule has 8 heteroatoms. The summed E-state index contributed by atoms with van der Waals surface area (Å²) in [6.45, 7) is 2.57. The van der Waals surface area contributed by atoms with E-state index in [1.54, 1.807) is 27.5 Å². The van der Waals surface area contributed by atoms with E-state index < -0.39 is 6.10 Å². The molecule has 0 saturated carbocycles. The second-order valence-corrected chi connectivity index (χ2v) is 7.13. The Morgan fingerprint density at radius 1 is 1.21 bits per heavy atom. The van der Waals surface area contributed by atoms with Gasteiger partial charge >= 0.3 is 0 Å². The second kappa shape index (κ2) is 8.58. The lowest BCUT2D eigenvalue weighted by molar-refractivity contribution is -0.143. The quantitative estimate of drug-likeness (QED) is 0.610. The first-order chi connectivity index (χ1) is 13.4. The summed E-state index contributed by atoms with van der Waals surface area (Å²) in [4.78, 5) is 15.1. The van der Waals surface area contributed by atoms with Crippen LogP contribution >= 0.6 is 11.6 Å². The monoisotopic (exact) mass is 401 g/mol. The Morgan fingerprint density at radius 2 is 1.93 bits per heavy atom. The number of hydrogen-bond acceptors (Lipinski definition) is 4. The van der Waals surface area contributed by atoms with Crippen LogP contribution in [0.2, 0.25) is 5.02 Å². The lowest BCUT2D eigenvalue weighted by atomic mass is 10.1. The number of aryl methyl sites for hydroxylation is 3. The van der Waals surface area contributed by atoms with Crippen molar-refractivity contribution in [2.75, 3.05) is 7.11 Å².